The van der Waals surface area contributed by atoms with Gasteiger partial charge in [-0.1, -0.05) is 0 Å². The number of ether oxygens (including phenoxy) is 2. The Morgan fingerprint density at radius 2 is 1.40 bits per heavy atom. The molecule has 2 aromatic rings. The number of rotatable bonds is 9. The van der Waals surface area contributed by atoms with Crippen molar-refractivity contribution in [1.29, 1.82) is 0 Å². The molecule has 1 heterocycles. The summed E-state index contributed by atoms with van der Waals surface area (Å²) < 4.78 is 10.2. The number of hydrogen-bond donors (Lipinski definition) is 4. The number of carbonyl (C=O) groups excluding carboxylic acids is 3. The molecule has 0 aromatic heterocycles. The number of alkyl carbamates (subject to hydrolysis) is 2. The maximum Gasteiger partial charge on any atom is 0.414 e. The van der Waals surface area contributed by atoms with Crippen LogP contribution >= 0.6 is 0 Å². The molecule has 0 bridgehead atoms. The van der Waals surface area contributed by atoms with Crippen LogP contribution in [0.5, 0.6) is 0 Å². The summed E-state index contributed by atoms with van der Waals surface area (Å²) in [6.07, 6.45) is -1.31. The standard InChI is InChI=1S/C24H27N7O9/c1-15(21(32)27-18-10-11-25-12-18)26-22(28-23(33)39-13-16-2-6-19(7-3-16)30(35)36)29-24(34)40-14-17-4-8-20(9-5-17)31(37)38/h2-9,15,18,25H,10-14H2,1H3,(H,27,32)(H2,26,28,29,33,34)/t15-,18+/m1/s1. The number of carbonyl (C=O) groups is 3. The lowest BCUT2D eigenvalue weighted by Gasteiger charge is -2.16. The number of nitrogens with one attached hydrogen (secondary N) is 4. The molecule has 1 fully saturated rings. The van der Waals surface area contributed by atoms with Crippen molar-refractivity contribution >= 4 is 35.4 Å². The van der Waals surface area contributed by atoms with Gasteiger partial charge in [0.1, 0.15) is 19.3 Å². The van der Waals surface area contributed by atoms with Crippen molar-refractivity contribution in [2.75, 3.05) is 13.1 Å². The summed E-state index contributed by atoms with van der Waals surface area (Å²) in [4.78, 5) is 61.9. The summed E-state index contributed by atoms with van der Waals surface area (Å²) in [5.74, 6) is -0.858. The summed E-state index contributed by atoms with van der Waals surface area (Å²) in [7, 11) is 0. The minimum Gasteiger partial charge on any atom is -0.444 e. The summed E-state index contributed by atoms with van der Waals surface area (Å²) in [6, 6.07) is 9.60. The fraction of sp³-hybridized carbons (Fsp3) is 0.333. The molecule has 1 aliphatic heterocycles. The number of benzene rings is 2. The van der Waals surface area contributed by atoms with Gasteiger partial charge in [0.25, 0.3) is 11.4 Å². The molecular formula is C24H27N7O9. The molecular weight excluding hydrogens is 530 g/mol. The van der Waals surface area contributed by atoms with E-state index in [4.69, 9.17) is 9.47 Å². The summed E-state index contributed by atoms with van der Waals surface area (Å²) in [5.41, 5.74) is 0.680. The second kappa shape index (κ2) is 14.1. The molecule has 40 heavy (non-hydrogen) atoms. The molecule has 1 saturated heterocycles. The molecule has 2 aromatic carbocycles. The van der Waals surface area contributed by atoms with E-state index in [0.29, 0.717) is 17.7 Å². The molecule has 3 amide bonds. The minimum atomic E-state index is -1.03. The van der Waals surface area contributed by atoms with E-state index < -0.39 is 39.9 Å². The van der Waals surface area contributed by atoms with E-state index in [1.807, 2.05) is 0 Å². The molecule has 0 radical (unpaired) electrons. The Morgan fingerprint density at radius 3 is 1.80 bits per heavy atom. The number of aliphatic imine (C=N–C) groups is 1. The van der Waals surface area contributed by atoms with Crippen molar-refractivity contribution < 1.29 is 33.7 Å². The molecule has 0 aliphatic carbocycles. The van der Waals surface area contributed by atoms with E-state index in [9.17, 15) is 34.6 Å². The van der Waals surface area contributed by atoms with Crippen LogP contribution in [0.4, 0.5) is 21.0 Å². The van der Waals surface area contributed by atoms with Crippen molar-refractivity contribution in [3.63, 3.8) is 0 Å². The van der Waals surface area contributed by atoms with Gasteiger partial charge in [-0.15, -0.1) is 0 Å². The predicted molar refractivity (Wildman–Crippen MR) is 139 cm³/mol. The first-order valence-corrected chi connectivity index (χ1v) is 12.0. The molecule has 2 atom stereocenters. The molecule has 0 spiro atoms. The number of nitro benzene ring substituents is 2. The van der Waals surface area contributed by atoms with Gasteiger partial charge >= 0.3 is 12.2 Å². The third kappa shape index (κ3) is 9.32. The SMILES string of the molecule is C[C@@H](N=C(NC(=O)OCc1ccc([N+](=O)[O-])cc1)NC(=O)OCc1ccc([N+](=O)[O-])cc1)C(=O)N[C@H]1CCNC1. The lowest BCUT2D eigenvalue weighted by Crippen LogP contribution is -2.47. The first kappa shape index (κ1) is 29.4. The number of hydrogen-bond acceptors (Lipinski definition) is 11. The maximum atomic E-state index is 12.5. The average Bonchev–Trinajstić information content (AvgIpc) is 3.44. The molecule has 4 N–H and O–H groups in total. The quantitative estimate of drug-likeness (QED) is 0.152. The van der Waals surface area contributed by atoms with Crippen molar-refractivity contribution in [2.45, 2.75) is 38.6 Å². The van der Waals surface area contributed by atoms with Crippen LogP contribution in [0, 0.1) is 20.2 Å². The topological polar surface area (TPSA) is 216 Å². The fourth-order valence-corrected chi connectivity index (χ4v) is 3.44. The van der Waals surface area contributed by atoms with E-state index in [1.165, 1.54) is 55.5 Å². The van der Waals surface area contributed by atoms with Crippen LogP contribution < -0.4 is 21.3 Å². The van der Waals surface area contributed by atoms with E-state index in [-0.39, 0.29) is 30.6 Å². The van der Waals surface area contributed by atoms with Crippen LogP contribution in [0.1, 0.15) is 24.5 Å². The Bertz CT molecular complexity index is 1180. The highest BCUT2D eigenvalue weighted by Gasteiger charge is 2.22. The van der Waals surface area contributed by atoms with Crippen molar-refractivity contribution in [2.24, 2.45) is 4.99 Å². The zero-order valence-electron chi connectivity index (χ0n) is 21.3. The smallest absolute Gasteiger partial charge is 0.414 e. The van der Waals surface area contributed by atoms with Crippen LogP contribution in [-0.2, 0) is 27.5 Å². The third-order valence-corrected chi connectivity index (χ3v) is 5.58. The highest BCUT2D eigenvalue weighted by molar-refractivity contribution is 6.02. The summed E-state index contributed by atoms with van der Waals surface area (Å²) in [6.45, 7) is 2.35. The molecule has 0 saturated carbocycles. The average molecular weight is 558 g/mol. The molecule has 1 aliphatic rings. The van der Waals surface area contributed by atoms with Gasteiger partial charge in [0.2, 0.25) is 11.9 Å². The van der Waals surface area contributed by atoms with Gasteiger partial charge in [-0.05, 0) is 55.3 Å². The highest BCUT2D eigenvalue weighted by atomic mass is 16.6. The zero-order chi connectivity index (χ0) is 29.1. The van der Waals surface area contributed by atoms with E-state index in [2.05, 4.69) is 26.3 Å². The molecule has 212 valence electrons. The molecule has 16 nitrogen and oxygen atoms in total. The molecule has 0 unspecified atom stereocenters. The Hall–Kier alpha value is -5.12. The molecule has 16 heteroatoms. The highest BCUT2D eigenvalue weighted by Crippen LogP contribution is 2.13. The van der Waals surface area contributed by atoms with Crippen LogP contribution in [0.2, 0.25) is 0 Å². The second-order valence-corrected chi connectivity index (χ2v) is 8.60. The Balaban J connectivity index is 1.61. The first-order valence-electron chi connectivity index (χ1n) is 12.0. The van der Waals surface area contributed by atoms with Gasteiger partial charge in [0.15, 0.2) is 0 Å². The number of amides is 3. The van der Waals surface area contributed by atoms with Crippen LogP contribution in [0.15, 0.2) is 53.5 Å². The van der Waals surface area contributed by atoms with Crippen molar-refractivity contribution in [3.05, 3.63) is 79.9 Å². The largest absolute Gasteiger partial charge is 0.444 e. The lowest BCUT2D eigenvalue weighted by molar-refractivity contribution is -0.385. The number of non-ortho nitro benzene ring substituents is 2. The van der Waals surface area contributed by atoms with Crippen LogP contribution in [-0.4, -0.2) is 59.1 Å². The van der Waals surface area contributed by atoms with Gasteiger partial charge in [-0.25, -0.2) is 14.6 Å². The van der Waals surface area contributed by atoms with Gasteiger partial charge in [0, 0.05) is 36.9 Å². The number of nitrogens with zero attached hydrogens (tertiary/aromatic N) is 3. The van der Waals surface area contributed by atoms with E-state index >= 15 is 0 Å². The monoisotopic (exact) mass is 557 g/mol. The van der Waals surface area contributed by atoms with Gasteiger partial charge in [0.05, 0.1) is 9.85 Å². The predicted octanol–water partition coefficient (Wildman–Crippen LogP) is 1.88. The van der Waals surface area contributed by atoms with Crippen molar-refractivity contribution in [3.8, 4) is 0 Å². The number of nitro groups is 2. The van der Waals surface area contributed by atoms with Crippen LogP contribution in [0.3, 0.4) is 0 Å². The fourth-order valence-electron chi connectivity index (χ4n) is 3.44. The van der Waals surface area contributed by atoms with Gasteiger partial charge in [-0.2, -0.15) is 0 Å². The third-order valence-electron chi connectivity index (χ3n) is 5.58. The van der Waals surface area contributed by atoms with Gasteiger partial charge < -0.3 is 20.1 Å². The van der Waals surface area contributed by atoms with E-state index in [0.717, 1.165) is 13.0 Å². The second-order valence-electron chi connectivity index (χ2n) is 8.60. The zero-order valence-corrected chi connectivity index (χ0v) is 21.3. The van der Waals surface area contributed by atoms with Crippen molar-refractivity contribution in [1.82, 2.24) is 21.3 Å². The molecule has 3 rings (SSSR count). The van der Waals surface area contributed by atoms with E-state index in [1.54, 1.807) is 0 Å². The summed E-state index contributed by atoms with van der Waals surface area (Å²) >= 11 is 0. The lowest BCUT2D eigenvalue weighted by atomic mass is 10.2. The summed E-state index contributed by atoms with van der Waals surface area (Å²) in [5, 5.41) is 32.0. The minimum absolute atomic E-state index is 0.0761. The van der Waals surface area contributed by atoms with Gasteiger partial charge in [-0.3, -0.25) is 35.7 Å². The normalized spacial score (nSPS) is 14.8. The first-order chi connectivity index (χ1) is 19.1. The van der Waals surface area contributed by atoms with Crippen LogP contribution in [0.25, 0.3) is 0 Å². The number of guanidine groups is 1. The Labute approximate surface area is 227 Å². The Morgan fingerprint density at radius 1 is 0.925 bits per heavy atom. The Kier molecular flexibility index (Phi) is 10.4. The maximum absolute atomic E-state index is 12.5.